The molecule has 0 aliphatic carbocycles. The van der Waals surface area contributed by atoms with Crippen molar-refractivity contribution in [1.29, 1.82) is 0 Å². The largest absolute Gasteiger partial charge is 0.369 e. The van der Waals surface area contributed by atoms with E-state index in [0.29, 0.717) is 5.82 Å². The molecule has 0 saturated heterocycles. The topological polar surface area (TPSA) is 50.7 Å². The maximum atomic E-state index is 4.46. The molecule has 0 aromatic carbocycles. The Labute approximate surface area is 123 Å². The van der Waals surface area contributed by atoms with Crippen molar-refractivity contribution in [3.8, 4) is 11.5 Å². The fourth-order valence-electron chi connectivity index (χ4n) is 1.37. The van der Waals surface area contributed by atoms with E-state index in [1.807, 2.05) is 12.1 Å². The second-order valence-corrected chi connectivity index (χ2v) is 5.45. The first kappa shape index (κ1) is 13.4. The molecule has 2 aromatic heterocycles. The zero-order valence-electron chi connectivity index (χ0n) is 9.82. The number of anilines is 1. The molecule has 0 fully saturated rings. The number of hydrogen-bond acceptors (Lipinski definition) is 4. The molecule has 0 radical (unpaired) electrons. The quantitative estimate of drug-likeness (QED) is 0.885. The Morgan fingerprint density at radius 2 is 2.00 bits per heavy atom. The third kappa shape index (κ3) is 3.26. The van der Waals surface area contributed by atoms with Crippen LogP contribution in [0.15, 0.2) is 33.5 Å². The molecule has 0 aliphatic heterocycles. The lowest BCUT2D eigenvalue weighted by Crippen LogP contribution is -2.04. The average Bonchev–Trinajstić information content (AvgIpc) is 2.39. The number of hydrogen-bond donors (Lipinski definition) is 1. The molecule has 0 atom stereocenters. The van der Waals surface area contributed by atoms with Crippen LogP contribution >= 0.6 is 31.9 Å². The summed E-state index contributed by atoms with van der Waals surface area (Å²) >= 11 is 6.78. The summed E-state index contributed by atoms with van der Waals surface area (Å²) in [6.45, 7) is 2.99. The summed E-state index contributed by atoms with van der Waals surface area (Å²) in [6, 6.07) is 3.81. The van der Waals surface area contributed by atoms with Crippen molar-refractivity contribution in [1.82, 2.24) is 15.0 Å². The second kappa shape index (κ2) is 6.24. The van der Waals surface area contributed by atoms with Crippen LogP contribution in [0.2, 0.25) is 0 Å². The second-order valence-electron chi connectivity index (χ2n) is 3.68. The number of nitrogens with one attached hydrogen (secondary N) is 1. The highest BCUT2D eigenvalue weighted by Gasteiger charge is 2.07. The van der Waals surface area contributed by atoms with Crippen LogP contribution in [0, 0.1) is 0 Å². The third-order valence-corrected chi connectivity index (χ3v) is 3.29. The van der Waals surface area contributed by atoms with Crippen molar-refractivity contribution in [2.24, 2.45) is 0 Å². The Morgan fingerprint density at radius 3 is 2.67 bits per heavy atom. The van der Waals surface area contributed by atoms with Crippen LogP contribution in [0.4, 0.5) is 5.82 Å². The fraction of sp³-hybridized carbons (Fsp3) is 0.250. The van der Waals surface area contributed by atoms with Gasteiger partial charge >= 0.3 is 0 Å². The van der Waals surface area contributed by atoms with Crippen molar-refractivity contribution in [3.05, 3.63) is 33.5 Å². The molecule has 2 rings (SSSR count). The molecule has 1 N–H and O–H groups in total. The predicted molar refractivity (Wildman–Crippen MR) is 79.4 cm³/mol. The van der Waals surface area contributed by atoms with Gasteiger partial charge in [0.25, 0.3) is 0 Å². The van der Waals surface area contributed by atoms with Gasteiger partial charge in [-0.15, -0.1) is 0 Å². The van der Waals surface area contributed by atoms with Crippen molar-refractivity contribution in [2.75, 3.05) is 11.9 Å². The first-order chi connectivity index (χ1) is 8.70. The lowest BCUT2D eigenvalue weighted by molar-refractivity contribution is 0.962. The summed E-state index contributed by atoms with van der Waals surface area (Å²) in [7, 11) is 0. The zero-order valence-corrected chi connectivity index (χ0v) is 13.0. The van der Waals surface area contributed by atoms with Crippen molar-refractivity contribution in [3.63, 3.8) is 0 Å². The molecule has 2 heterocycles. The average molecular weight is 372 g/mol. The van der Waals surface area contributed by atoms with Gasteiger partial charge in [-0.05, 0) is 50.4 Å². The van der Waals surface area contributed by atoms with Crippen molar-refractivity contribution >= 4 is 37.7 Å². The summed E-state index contributed by atoms with van der Waals surface area (Å²) in [5, 5.41) is 3.25. The molecule has 94 valence electrons. The molecular weight excluding hydrogens is 360 g/mol. The summed E-state index contributed by atoms with van der Waals surface area (Å²) in [4.78, 5) is 13.0. The highest BCUT2D eigenvalue weighted by atomic mass is 79.9. The van der Waals surface area contributed by atoms with Crippen LogP contribution in [-0.4, -0.2) is 21.5 Å². The molecule has 4 nitrogen and oxygen atoms in total. The Hall–Kier alpha value is -1.01. The first-order valence-corrected chi connectivity index (χ1v) is 7.17. The Kier molecular flexibility index (Phi) is 4.66. The van der Waals surface area contributed by atoms with E-state index in [9.17, 15) is 0 Å². The molecule has 0 unspecified atom stereocenters. The van der Waals surface area contributed by atoms with E-state index in [2.05, 4.69) is 59.1 Å². The van der Waals surface area contributed by atoms with E-state index in [1.165, 1.54) is 0 Å². The van der Waals surface area contributed by atoms with Gasteiger partial charge in [-0.1, -0.05) is 6.92 Å². The summed E-state index contributed by atoms with van der Waals surface area (Å²) < 4.78 is 1.80. The monoisotopic (exact) mass is 370 g/mol. The van der Waals surface area contributed by atoms with Crippen LogP contribution in [0.1, 0.15) is 13.3 Å². The molecule has 0 saturated carbocycles. The molecule has 0 spiro atoms. The van der Waals surface area contributed by atoms with Crippen LogP contribution in [-0.2, 0) is 0 Å². The van der Waals surface area contributed by atoms with E-state index in [1.54, 1.807) is 12.4 Å². The van der Waals surface area contributed by atoms with Gasteiger partial charge in [-0.2, -0.15) is 0 Å². The smallest absolute Gasteiger partial charge is 0.180 e. The van der Waals surface area contributed by atoms with Crippen LogP contribution < -0.4 is 5.32 Å². The third-order valence-electron chi connectivity index (χ3n) is 2.24. The van der Waals surface area contributed by atoms with Gasteiger partial charge in [-0.3, -0.25) is 4.98 Å². The highest BCUT2D eigenvalue weighted by molar-refractivity contribution is 9.10. The standard InChI is InChI=1S/C12H12Br2N4/c1-2-5-15-11-9(14)7-17-12(18-11)10-4-3-8(13)6-16-10/h3-4,6-7H,2,5H2,1H3,(H,15,17,18). The maximum absolute atomic E-state index is 4.46. The van der Waals surface area contributed by atoms with Crippen LogP contribution in [0.25, 0.3) is 11.5 Å². The van der Waals surface area contributed by atoms with Crippen molar-refractivity contribution in [2.45, 2.75) is 13.3 Å². The maximum Gasteiger partial charge on any atom is 0.180 e. The Balaban J connectivity index is 2.31. The van der Waals surface area contributed by atoms with Gasteiger partial charge in [0.2, 0.25) is 0 Å². The Bertz CT molecular complexity index is 528. The van der Waals surface area contributed by atoms with Gasteiger partial charge in [0.1, 0.15) is 11.5 Å². The molecule has 18 heavy (non-hydrogen) atoms. The van der Waals surface area contributed by atoms with E-state index in [4.69, 9.17) is 0 Å². The highest BCUT2D eigenvalue weighted by Crippen LogP contribution is 2.22. The molecule has 6 heteroatoms. The fourth-order valence-corrected chi connectivity index (χ4v) is 1.93. The Morgan fingerprint density at radius 1 is 1.17 bits per heavy atom. The van der Waals surface area contributed by atoms with Gasteiger partial charge in [-0.25, -0.2) is 9.97 Å². The molecule has 0 bridgehead atoms. The summed E-state index contributed by atoms with van der Waals surface area (Å²) in [6.07, 6.45) is 4.52. The number of nitrogens with zero attached hydrogens (tertiary/aromatic N) is 3. The van der Waals surface area contributed by atoms with E-state index < -0.39 is 0 Å². The van der Waals surface area contributed by atoms with Gasteiger partial charge in [0.15, 0.2) is 5.82 Å². The molecule has 0 amide bonds. The normalized spacial score (nSPS) is 10.4. The van der Waals surface area contributed by atoms with E-state index in [0.717, 1.165) is 33.4 Å². The summed E-state index contributed by atoms with van der Waals surface area (Å²) in [5.41, 5.74) is 0.755. The minimum Gasteiger partial charge on any atom is -0.369 e. The number of halogens is 2. The molecular formula is C12H12Br2N4. The zero-order chi connectivity index (χ0) is 13.0. The number of pyridine rings is 1. The predicted octanol–water partition coefficient (Wildman–Crippen LogP) is 3.89. The summed E-state index contributed by atoms with van der Waals surface area (Å²) in [5.74, 6) is 1.41. The minimum atomic E-state index is 0.615. The van der Waals surface area contributed by atoms with Gasteiger partial charge in [0.05, 0.1) is 4.47 Å². The van der Waals surface area contributed by atoms with Gasteiger partial charge < -0.3 is 5.32 Å². The SMILES string of the molecule is CCCNc1nc(-c2ccc(Br)cn2)ncc1Br. The van der Waals surface area contributed by atoms with Crippen LogP contribution in [0.3, 0.4) is 0 Å². The number of aromatic nitrogens is 3. The van der Waals surface area contributed by atoms with Gasteiger partial charge in [0, 0.05) is 23.4 Å². The van der Waals surface area contributed by atoms with Crippen molar-refractivity contribution < 1.29 is 0 Å². The lowest BCUT2D eigenvalue weighted by Gasteiger charge is -2.07. The molecule has 0 aliphatic rings. The molecule has 2 aromatic rings. The van der Waals surface area contributed by atoms with E-state index in [-0.39, 0.29) is 0 Å². The lowest BCUT2D eigenvalue weighted by atomic mass is 10.3. The number of rotatable bonds is 4. The first-order valence-electron chi connectivity index (χ1n) is 5.59. The van der Waals surface area contributed by atoms with E-state index >= 15 is 0 Å². The van der Waals surface area contributed by atoms with Crippen LogP contribution in [0.5, 0.6) is 0 Å². The minimum absolute atomic E-state index is 0.615.